The van der Waals surface area contributed by atoms with Gasteiger partial charge in [0.25, 0.3) is 0 Å². The van der Waals surface area contributed by atoms with Crippen molar-refractivity contribution >= 4 is 40.1 Å². The van der Waals surface area contributed by atoms with Crippen LogP contribution in [0.4, 0.5) is 0 Å². The zero-order valence-corrected chi connectivity index (χ0v) is 17.5. The average Bonchev–Trinajstić information content (AvgIpc) is 3.42. The number of ether oxygens (including phenoxy) is 1. The number of carboxylic acids is 1. The van der Waals surface area contributed by atoms with Crippen LogP contribution in [0.15, 0.2) is 52.2 Å². The Morgan fingerprint density at radius 1 is 1.29 bits per heavy atom. The SMILES string of the molecule is COc1ccc2cc(C3CC(c4ccco4)=NN3C(=O)CCCC(=O)O)c(Cl)nc2c1. The maximum Gasteiger partial charge on any atom is 0.303 e. The highest BCUT2D eigenvalue weighted by atomic mass is 35.5. The number of benzene rings is 1. The zero-order chi connectivity index (χ0) is 22.0. The van der Waals surface area contributed by atoms with Crippen molar-refractivity contribution in [2.75, 3.05) is 7.11 Å². The molecule has 1 N–H and O–H groups in total. The summed E-state index contributed by atoms with van der Waals surface area (Å²) in [6.07, 6.45) is 2.16. The fraction of sp³-hybridized carbons (Fsp3) is 0.273. The van der Waals surface area contributed by atoms with Crippen LogP contribution >= 0.6 is 11.6 Å². The number of fused-ring (bicyclic) bond motifs is 1. The van der Waals surface area contributed by atoms with Gasteiger partial charge >= 0.3 is 5.97 Å². The third-order valence-corrected chi connectivity index (χ3v) is 5.42. The number of carboxylic acid groups (broad SMARTS) is 1. The van der Waals surface area contributed by atoms with Gasteiger partial charge in [0.05, 0.1) is 24.9 Å². The Hall–Kier alpha value is -3.39. The number of pyridine rings is 1. The van der Waals surface area contributed by atoms with E-state index in [9.17, 15) is 9.59 Å². The molecule has 9 heteroatoms. The summed E-state index contributed by atoms with van der Waals surface area (Å²) in [4.78, 5) is 28.2. The number of halogens is 1. The molecular weight excluding hydrogens is 422 g/mol. The lowest BCUT2D eigenvalue weighted by Gasteiger charge is -2.23. The van der Waals surface area contributed by atoms with Crippen molar-refractivity contribution in [1.82, 2.24) is 9.99 Å². The number of hydrazone groups is 1. The van der Waals surface area contributed by atoms with Crippen molar-refractivity contribution in [3.63, 3.8) is 0 Å². The van der Waals surface area contributed by atoms with Crippen LogP contribution in [0.1, 0.15) is 43.0 Å². The zero-order valence-electron chi connectivity index (χ0n) is 16.7. The number of hydrogen-bond acceptors (Lipinski definition) is 6. The lowest BCUT2D eigenvalue weighted by atomic mass is 10.0. The predicted octanol–water partition coefficient (Wildman–Crippen LogP) is 4.42. The summed E-state index contributed by atoms with van der Waals surface area (Å²) < 4.78 is 10.7. The van der Waals surface area contributed by atoms with Crippen molar-refractivity contribution < 1.29 is 23.8 Å². The molecule has 3 aromatic rings. The molecule has 4 rings (SSSR count). The highest BCUT2D eigenvalue weighted by molar-refractivity contribution is 6.30. The van der Waals surface area contributed by atoms with Crippen molar-refractivity contribution in [2.24, 2.45) is 5.10 Å². The van der Waals surface area contributed by atoms with Crippen LogP contribution in [0.3, 0.4) is 0 Å². The van der Waals surface area contributed by atoms with E-state index in [1.165, 1.54) is 5.01 Å². The first kappa shape index (κ1) is 20.9. The number of carbonyl (C=O) groups excluding carboxylic acids is 1. The average molecular weight is 442 g/mol. The van der Waals surface area contributed by atoms with Gasteiger partial charge in [-0.15, -0.1) is 0 Å². The third-order valence-electron chi connectivity index (χ3n) is 5.12. The van der Waals surface area contributed by atoms with Crippen LogP contribution in [-0.4, -0.2) is 39.8 Å². The number of furan rings is 1. The summed E-state index contributed by atoms with van der Waals surface area (Å²) in [6, 6.07) is 10.5. The van der Waals surface area contributed by atoms with Gasteiger partial charge in [0.2, 0.25) is 5.91 Å². The molecule has 8 nitrogen and oxygen atoms in total. The fourth-order valence-electron chi connectivity index (χ4n) is 3.58. The number of methoxy groups -OCH3 is 1. The Bertz CT molecular complexity index is 1160. The smallest absolute Gasteiger partial charge is 0.303 e. The molecule has 0 spiro atoms. The number of aromatic nitrogens is 1. The molecule has 31 heavy (non-hydrogen) atoms. The topological polar surface area (TPSA) is 105 Å². The Kier molecular flexibility index (Phi) is 5.90. The van der Waals surface area contributed by atoms with Crippen molar-refractivity contribution in [2.45, 2.75) is 31.7 Å². The van der Waals surface area contributed by atoms with E-state index in [0.717, 1.165) is 5.39 Å². The molecule has 1 aliphatic rings. The Morgan fingerprint density at radius 2 is 2.13 bits per heavy atom. The van der Waals surface area contributed by atoms with Crippen LogP contribution in [0.2, 0.25) is 5.15 Å². The van der Waals surface area contributed by atoms with Gasteiger partial charge in [-0.3, -0.25) is 9.59 Å². The van der Waals surface area contributed by atoms with Gasteiger partial charge in [0.15, 0.2) is 0 Å². The monoisotopic (exact) mass is 441 g/mol. The van der Waals surface area contributed by atoms with Gasteiger partial charge in [-0.05, 0) is 36.8 Å². The molecule has 0 fully saturated rings. The van der Waals surface area contributed by atoms with Crippen LogP contribution in [0.5, 0.6) is 5.75 Å². The number of hydrogen-bond donors (Lipinski definition) is 1. The minimum Gasteiger partial charge on any atom is -0.497 e. The summed E-state index contributed by atoms with van der Waals surface area (Å²) >= 11 is 6.53. The number of carbonyl (C=O) groups is 2. The molecule has 1 amide bonds. The van der Waals surface area contributed by atoms with E-state index in [1.807, 2.05) is 18.2 Å². The van der Waals surface area contributed by atoms with Gasteiger partial charge in [-0.2, -0.15) is 5.10 Å². The van der Waals surface area contributed by atoms with E-state index < -0.39 is 12.0 Å². The third kappa shape index (κ3) is 4.39. The minimum atomic E-state index is -0.942. The minimum absolute atomic E-state index is 0.0631. The molecule has 0 saturated carbocycles. The summed E-state index contributed by atoms with van der Waals surface area (Å²) in [5.41, 5.74) is 1.96. The molecule has 1 aromatic carbocycles. The predicted molar refractivity (Wildman–Crippen MR) is 114 cm³/mol. The lowest BCUT2D eigenvalue weighted by molar-refractivity contribution is -0.137. The highest BCUT2D eigenvalue weighted by Gasteiger charge is 2.35. The maximum absolute atomic E-state index is 12.9. The highest BCUT2D eigenvalue weighted by Crippen LogP contribution is 2.38. The number of nitrogens with zero attached hydrogens (tertiary/aromatic N) is 3. The van der Waals surface area contributed by atoms with Crippen LogP contribution in [0, 0.1) is 0 Å². The molecule has 0 bridgehead atoms. The van der Waals surface area contributed by atoms with Crippen LogP contribution in [-0.2, 0) is 9.59 Å². The maximum atomic E-state index is 12.9. The van der Waals surface area contributed by atoms with Gasteiger partial charge in [-0.1, -0.05) is 11.6 Å². The molecule has 0 saturated heterocycles. The second-order valence-corrected chi connectivity index (χ2v) is 7.51. The second-order valence-electron chi connectivity index (χ2n) is 7.16. The Balaban J connectivity index is 1.68. The normalized spacial score (nSPS) is 15.9. The van der Waals surface area contributed by atoms with Crippen molar-refractivity contribution in [3.8, 4) is 5.75 Å². The number of amides is 1. The Labute approximate surface area is 183 Å². The van der Waals surface area contributed by atoms with Crippen molar-refractivity contribution in [1.29, 1.82) is 0 Å². The van der Waals surface area contributed by atoms with Gasteiger partial charge in [-0.25, -0.2) is 9.99 Å². The Morgan fingerprint density at radius 3 is 2.84 bits per heavy atom. The van der Waals surface area contributed by atoms with E-state index >= 15 is 0 Å². The standard InChI is InChI=1S/C22H20ClN3O5/c1-30-14-8-7-13-10-15(22(23)24-16(13)11-14)18-12-17(19-4-3-9-31-19)25-26(18)20(27)5-2-6-21(28)29/h3-4,7-11,18H,2,5-6,12H2,1H3,(H,28,29). The van der Waals surface area contributed by atoms with E-state index in [-0.39, 0.29) is 30.3 Å². The molecule has 0 radical (unpaired) electrons. The van der Waals surface area contributed by atoms with E-state index in [4.69, 9.17) is 25.9 Å². The van der Waals surface area contributed by atoms with Crippen LogP contribution < -0.4 is 4.74 Å². The fourth-order valence-corrected chi connectivity index (χ4v) is 3.85. The summed E-state index contributed by atoms with van der Waals surface area (Å²) in [5.74, 6) is 0.0188. The summed E-state index contributed by atoms with van der Waals surface area (Å²) in [7, 11) is 1.58. The van der Waals surface area contributed by atoms with Gasteiger partial charge in [0.1, 0.15) is 22.4 Å². The first-order valence-corrected chi connectivity index (χ1v) is 10.1. The molecule has 2 aromatic heterocycles. The molecule has 0 aliphatic carbocycles. The van der Waals surface area contributed by atoms with E-state index in [1.54, 1.807) is 31.6 Å². The van der Waals surface area contributed by atoms with E-state index in [0.29, 0.717) is 34.7 Å². The first-order valence-electron chi connectivity index (χ1n) is 9.75. The molecule has 1 aliphatic heterocycles. The van der Waals surface area contributed by atoms with Gasteiger partial charge < -0.3 is 14.3 Å². The lowest BCUT2D eigenvalue weighted by Crippen LogP contribution is -2.27. The largest absolute Gasteiger partial charge is 0.497 e. The first-order chi connectivity index (χ1) is 15.0. The molecule has 160 valence electrons. The van der Waals surface area contributed by atoms with Crippen molar-refractivity contribution in [3.05, 3.63) is 59.1 Å². The second kappa shape index (κ2) is 8.77. The van der Waals surface area contributed by atoms with Crippen LogP contribution in [0.25, 0.3) is 10.9 Å². The molecular formula is C22H20ClN3O5. The summed E-state index contributed by atoms with van der Waals surface area (Å²) in [6.45, 7) is 0. The number of aliphatic carboxylic acids is 1. The van der Waals surface area contributed by atoms with Gasteiger partial charge in [0, 0.05) is 36.3 Å². The number of rotatable bonds is 7. The molecule has 1 atom stereocenters. The summed E-state index contributed by atoms with van der Waals surface area (Å²) in [5, 5.41) is 15.8. The quantitative estimate of drug-likeness (QED) is 0.544. The molecule has 1 unspecified atom stereocenters. The molecule has 3 heterocycles. The van der Waals surface area contributed by atoms with E-state index in [2.05, 4.69) is 10.1 Å².